The van der Waals surface area contributed by atoms with Crippen molar-refractivity contribution in [3.05, 3.63) is 0 Å². The van der Waals surface area contributed by atoms with Gasteiger partial charge in [0.2, 0.25) is 0 Å². The van der Waals surface area contributed by atoms with E-state index < -0.39 is 5.97 Å². The Morgan fingerprint density at radius 1 is 1.50 bits per heavy atom. The van der Waals surface area contributed by atoms with Crippen LogP contribution in [0.2, 0.25) is 0 Å². The van der Waals surface area contributed by atoms with Gasteiger partial charge in [0.25, 0.3) is 0 Å². The maximum atomic E-state index is 10.9. The van der Waals surface area contributed by atoms with E-state index in [1.165, 1.54) is 0 Å². The van der Waals surface area contributed by atoms with E-state index in [1.54, 1.807) is 0 Å². The van der Waals surface area contributed by atoms with Crippen LogP contribution in [0.5, 0.6) is 0 Å². The highest BCUT2D eigenvalue weighted by molar-refractivity contribution is 5.71. The van der Waals surface area contributed by atoms with Crippen molar-refractivity contribution in [3.63, 3.8) is 0 Å². The minimum atomic E-state index is -0.562. The van der Waals surface area contributed by atoms with Gasteiger partial charge < -0.3 is 9.99 Å². The van der Waals surface area contributed by atoms with Crippen molar-refractivity contribution in [3.8, 4) is 0 Å². The topological polar surface area (TPSA) is 66.8 Å². The molecule has 0 saturated heterocycles. The van der Waals surface area contributed by atoms with Crippen molar-refractivity contribution in [1.82, 2.24) is 0 Å². The van der Waals surface area contributed by atoms with Gasteiger partial charge in [0, 0.05) is 6.61 Å². The van der Waals surface area contributed by atoms with Crippen LogP contribution in [0.15, 0.2) is 0 Å². The zero-order chi connectivity index (χ0) is 8.97. The van der Waals surface area contributed by atoms with Gasteiger partial charge in [0.1, 0.15) is 0 Å². The third-order valence-electron chi connectivity index (χ3n) is 2.46. The fraction of sp³-hybridized carbons (Fsp3) is 0.875. The van der Waals surface area contributed by atoms with Crippen LogP contribution >= 0.6 is 0 Å². The highest BCUT2D eigenvalue weighted by atomic mass is 17.1. The Hall–Kier alpha value is -0.610. The lowest BCUT2D eigenvalue weighted by molar-refractivity contribution is -0.240. The molecule has 12 heavy (non-hydrogen) atoms. The number of carbonyl (C=O) groups excluding carboxylic acids is 1. The second-order valence-electron chi connectivity index (χ2n) is 3.32. The summed E-state index contributed by atoms with van der Waals surface area (Å²) in [5, 5.41) is 17.0. The molecule has 0 bridgehead atoms. The first-order chi connectivity index (χ1) is 5.77. The third kappa shape index (κ3) is 2.19. The monoisotopic (exact) mass is 174 g/mol. The van der Waals surface area contributed by atoms with Gasteiger partial charge in [0.05, 0.1) is 5.92 Å². The smallest absolute Gasteiger partial charge is 0.345 e. The summed E-state index contributed by atoms with van der Waals surface area (Å²) < 4.78 is 0. The number of carbonyl (C=O) groups is 1. The minimum Gasteiger partial charge on any atom is -0.396 e. The summed E-state index contributed by atoms with van der Waals surface area (Å²) in [6.45, 7) is 0.120. The van der Waals surface area contributed by atoms with Crippen molar-refractivity contribution in [1.29, 1.82) is 0 Å². The highest BCUT2D eigenvalue weighted by Gasteiger charge is 2.28. The zero-order valence-corrected chi connectivity index (χ0v) is 6.90. The molecule has 4 nitrogen and oxygen atoms in total. The summed E-state index contributed by atoms with van der Waals surface area (Å²) >= 11 is 0. The summed E-state index contributed by atoms with van der Waals surface area (Å²) in [4.78, 5) is 14.5. The molecule has 1 aliphatic carbocycles. The van der Waals surface area contributed by atoms with Crippen LogP contribution in [0.1, 0.15) is 25.7 Å². The number of aliphatic hydroxyl groups excluding tert-OH is 1. The maximum absolute atomic E-state index is 10.9. The van der Waals surface area contributed by atoms with Crippen molar-refractivity contribution >= 4 is 5.97 Å². The Morgan fingerprint density at radius 3 is 2.83 bits per heavy atom. The van der Waals surface area contributed by atoms with E-state index >= 15 is 0 Å². The lowest BCUT2D eigenvalue weighted by atomic mass is 9.82. The number of aliphatic hydroxyl groups is 1. The van der Waals surface area contributed by atoms with Gasteiger partial charge in [-0.25, -0.2) is 4.79 Å². The first kappa shape index (κ1) is 9.48. The van der Waals surface area contributed by atoms with Crippen LogP contribution < -0.4 is 0 Å². The van der Waals surface area contributed by atoms with E-state index in [9.17, 15) is 4.79 Å². The Morgan fingerprint density at radius 2 is 2.25 bits per heavy atom. The molecule has 70 valence electrons. The number of hydrogen-bond acceptors (Lipinski definition) is 4. The van der Waals surface area contributed by atoms with Crippen LogP contribution in [0.3, 0.4) is 0 Å². The van der Waals surface area contributed by atoms with E-state index in [1.807, 2.05) is 0 Å². The predicted molar refractivity (Wildman–Crippen MR) is 41.3 cm³/mol. The van der Waals surface area contributed by atoms with Crippen molar-refractivity contribution < 1.29 is 20.0 Å². The van der Waals surface area contributed by atoms with E-state index in [2.05, 4.69) is 4.89 Å². The molecule has 0 spiro atoms. The van der Waals surface area contributed by atoms with Gasteiger partial charge in [-0.3, -0.25) is 0 Å². The Kier molecular flexibility index (Phi) is 3.49. The van der Waals surface area contributed by atoms with Gasteiger partial charge in [-0.15, -0.1) is 0 Å². The largest absolute Gasteiger partial charge is 0.396 e. The van der Waals surface area contributed by atoms with Gasteiger partial charge in [-0.2, -0.15) is 5.26 Å². The molecule has 4 heteroatoms. The SMILES string of the molecule is O=C(OO)C1CCCC(CO)C1. The summed E-state index contributed by atoms with van der Waals surface area (Å²) in [7, 11) is 0. The molecule has 2 unspecified atom stereocenters. The predicted octanol–water partition coefficient (Wildman–Crippen LogP) is 0.801. The molecule has 0 aromatic carbocycles. The molecule has 0 aliphatic heterocycles. The molecule has 2 atom stereocenters. The summed E-state index contributed by atoms with van der Waals surface area (Å²) in [5.41, 5.74) is 0. The molecule has 0 aromatic rings. The lowest BCUT2D eigenvalue weighted by Crippen LogP contribution is -2.25. The van der Waals surface area contributed by atoms with Crippen molar-refractivity contribution in [2.75, 3.05) is 6.61 Å². The van der Waals surface area contributed by atoms with Crippen molar-refractivity contribution in [2.45, 2.75) is 25.7 Å². The standard InChI is InChI=1S/C8H14O4/c9-5-6-2-1-3-7(4-6)8(10)12-11/h6-7,9,11H,1-5H2. The Bertz CT molecular complexity index is 157. The molecule has 1 fully saturated rings. The van der Waals surface area contributed by atoms with Gasteiger partial charge >= 0.3 is 5.97 Å². The van der Waals surface area contributed by atoms with Crippen LogP contribution in [0.4, 0.5) is 0 Å². The Labute approximate surface area is 71.1 Å². The molecular weight excluding hydrogens is 160 g/mol. The fourth-order valence-corrected chi connectivity index (χ4v) is 1.75. The van der Waals surface area contributed by atoms with Crippen LogP contribution in [-0.2, 0) is 9.68 Å². The third-order valence-corrected chi connectivity index (χ3v) is 2.46. The van der Waals surface area contributed by atoms with Crippen molar-refractivity contribution in [2.24, 2.45) is 11.8 Å². The number of rotatable bonds is 2. The highest BCUT2D eigenvalue weighted by Crippen LogP contribution is 2.29. The molecule has 1 rings (SSSR count). The van der Waals surface area contributed by atoms with Gasteiger partial charge in [-0.05, 0) is 25.2 Å². The average Bonchev–Trinajstić information content (AvgIpc) is 2.17. The van der Waals surface area contributed by atoms with E-state index in [4.69, 9.17) is 10.4 Å². The van der Waals surface area contributed by atoms with Gasteiger partial charge in [0.15, 0.2) is 0 Å². The second kappa shape index (κ2) is 4.42. The van der Waals surface area contributed by atoms with Crippen LogP contribution in [0.25, 0.3) is 0 Å². The van der Waals surface area contributed by atoms with E-state index in [0.29, 0.717) is 6.42 Å². The second-order valence-corrected chi connectivity index (χ2v) is 3.32. The van der Waals surface area contributed by atoms with Crippen LogP contribution in [-0.4, -0.2) is 22.9 Å². The van der Waals surface area contributed by atoms with E-state index in [-0.39, 0.29) is 18.4 Å². The molecular formula is C8H14O4. The minimum absolute atomic E-state index is 0.120. The van der Waals surface area contributed by atoms with Crippen LogP contribution in [0, 0.1) is 11.8 Å². The summed E-state index contributed by atoms with van der Waals surface area (Å²) in [6, 6.07) is 0. The fourth-order valence-electron chi connectivity index (χ4n) is 1.75. The first-order valence-electron chi connectivity index (χ1n) is 4.24. The lowest BCUT2D eigenvalue weighted by Gasteiger charge is -2.24. The molecule has 0 amide bonds. The Balaban J connectivity index is 2.40. The first-order valence-corrected chi connectivity index (χ1v) is 4.24. The summed E-state index contributed by atoms with van der Waals surface area (Å²) in [6.07, 6.45) is 3.28. The average molecular weight is 174 g/mol. The molecule has 1 aliphatic rings. The maximum Gasteiger partial charge on any atom is 0.345 e. The normalized spacial score (nSPS) is 29.8. The number of hydrogen-bond donors (Lipinski definition) is 2. The molecule has 2 N–H and O–H groups in total. The van der Waals surface area contributed by atoms with Gasteiger partial charge in [-0.1, -0.05) is 6.42 Å². The molecule has 0 heterocycles. The molecule has 0 aromatic heterocycles. The zero-order valence-electron chi connectivity index (χ0n) is 6.90. The molecule has 1 saturated carbocycles. The quantitative estimate of drug-likeness (QED) is 0.480. The molecule has 0 radical (unpaired) electrons. The summed E-state index contributed by atoms with van der Waals surface area (Å²) in [5.74, 6) is -0.586. The van der Waals surface area contributed by atoms with E-state index in [0.717, 1.165) is 19.3 Å².